The van der Waals surface area contributed by atoms with Gasteiger partial charge in [0.25, 0.3) is 0 Å². The fourth-order valence-electron chi connectivity index (χ4n) is 5.26. The molecule has 0 spiro atoms. The van der Waals surface area contributed by atoms with Gasteiger partial charge in [0.2, 0.25) is 5.91 Å². The van der Waals surface area contributed by atoms with E-state index >= 15 is 0 Å². The summed E-state index contributed by atoms with van der Waals surface area (Å²) in [4.78, 5) is 14.7. The van der Waals surface area contributed by atoms with E-state index < -0.39 is 0 Å². The van der Waals surface area contributed by atoms with Crippen LogP contribution in [0.4, 0.5) is 0 Å². The van der Waals surface area contributed by atoms with Crippen molar-refractivity contribution in [2.75, 3.05) is 19.6 Å². The number of carbonyl (C=O) groups is 1. The second kappa shape index (κ2) is 3.96. The van der Waals surface area contributed by atoms with E-state index in [9.17, 15) is 4.79 Å². The van der Waals surface area contributed by atoms with E-state index in [0.717, 1.165) is 56.1 Å². The molecule has 0 aromatic rings. The zero-order chi connectivity index (χ0) is 12.3. The first-order valence-corrected chi connectivity index (χ1v) is 7.78. The van der Waals surface area contributed by atoms with Crippen LogP contribution in [-0.4, -0.2) is 30.4 Å². The lowest BCUT2D eigenvalue weighted by atomic mass is 9.95. The van der Waals surface area contributed by atoms with Crippen molar-refractivity contribution in [2.24, 2.45) is 41.2 Å². The van der Waals surface area contributed by atoms with Crippen molar-refractivity contribution >= 4 is 5.91 Å². The van der Waals surface area contributed by atoms with Crippen molar-refractivity contribution in [1.82, 2.24) is 4.90 Å². The van der Waals surface area contributed by atoms with Crippen LogP contribution in [0.15, 0.2) is 0 Å². The molecule has 100 valence electrons. The third kappa shape index (κ3) is 1.49. The molecule has 4 aliphatic rings. The molecule has 2 N–H and O–H groups in total. The smallest absolute Gasteiger partial charge is 0.226 e. The molecule has 1 amide bonds. The van der Waals surface area contributed by atoms with Crippen LogP contribution in [0, 0.1) is 35.5 Å². The number of rotatable bonds is 2. The van der Waals surface area contributed by atoms with Gasteiger partial charge in [-0.25, -0.2) is 0 Å². The van der Waals surface area contributed by atoms with Crippen LogP contribution in [0.3, 0.4) is 0 Å². The molecular formula is C15H24N2O. The standard InChI is InChI=1S/C15H24N2O/c16-8-9-3-5-17(6-4-9)15(18)14-12-10-1-2-11(7-10)13(12)14/h9-14H,1-8,16H2. The SMILES string of the molecule is NCC1CCN(C(=O)C2C3C4CCC(C4)C23)CC1. The number of amides is 1. The third-order valence-corrected chi connectivity index (χ3v) is 6.28. The van der Waals surface area contributed by atoms with Gasteiger partial charge in [0.1, 0.15) is 0 Å². The Morgan fingerprint density at radius 1 is 1.06 bits per heavy atom. The maximum Gasteiger partial charge on any atom is 0.226 e. The molecule has 1 heterocycles. The molecule has 0 radical (unpaired) electrons. The molecule has 1 saturated heterocycles. The van der Waals surface area contributed by atoms with Crippen LogP contribution in [0.25, 0.3) is 0 Å². The van der Waals surface area contributed by atoms with Crippen LogP contribution < -0.4 is 5.73 Å². The summed E-state index contributed by atoms with van der Waals surface area (Å²) >= 11 is 0. The minimum Gasteiger partial charge on any atom is -0.342 e. The number of likely N-dealkylation sites (tertiary alicyclic amines) is 1. The summed E-state index contributed by atoms with van der Waals surface area (Å²) < 4.78 is 0. The van der Waals surface area contributed by atoms with E-state index in [1.54, 1.807) is 0 Å². The minimum atomic E-state index is 0.436. The number of hydrogen-bond acceptors (Lipinski definition) is 2. The van der Waals surface area contributed by atoms with Gasteiger partial charge in [0, 0.05) is 19.0 Å². The van der Waals surface area contributed by atoms with Crippen molar-refractivity contribution < 1.29 is 4.79 Å². The molecule has 4 unspecified atom stereocenters. The monoisotopic (exact) mass is 248 g/mol. The van der Waals surface area contributed by atoms with E-state index in [1.165, 1.54) is 19.3 Å². The van der Waals surface area contributed by atoms with E-state index in [-0.39, 0.29) is 0 Å². The predicted molar refractivity (Wildman–Crippen MR) is 69.7 cm³/mol. The van der Waals surface area contributed by atoms with Crippen LogP contribution in [0.2, 0.25) is 0 Å². The highest BCUT2D eigenvalue weighted by Crippen LogP contribution is 2.69. The highest BCUT2D eigenvalue weighted by Gasteiger charge is 2.67. The Hall–Kier alpha value is -0.570. The van der Waals surface area contributed by atoms with Gasteiger partial charge in [-0.05, 0) is 68.2 Å². The number of nitrogens with two attached hydrogens (primary N) is 1. The lowest BCUT2D eigenvalue weighted by molar-refractivity contribution is -0.135. The van der Waals surface area contributed by atoms with Crippen LogP contribution in [0.1, 0.15) is 32.1 Å². The molecule has 4 rings (SSSR count). The quantitative estimate of drug-likeness (QED) is 0.804. The zero-order valence-corrected chi connectivity index (χ0v) is 11.1. The Bertz CT molecular complexity index is 346. The summed E-state index contributed by atoms with van der Waals surface area (Å²) in [7, 11) is 0. The van der Waals surface area contributed by atoms with Gasteiger partial charge in [-0.1, -0.05) is 0 Å². The van der Waals surface area contributed by atoms with Crippen molar-refractivity contribution in [1.29, 1.82) is 0 Å². The molecule has 3 nitrogen and oxygen atoms in total. The third-order valence-electron chi connectivity index (χ3n) is 6.28. The number of hydrogen-bond donors (Lipinski definition) is 1. The summed E-state index contributed by atoms with van der Waals surface area (Å²) in [6.07, 6.45) is 6.50. The van der Waals surface area contributed by atoms with Gasteiger partial charge < -0.3 is 10.6 Å². The number of nitrogens with zero attached hydrogens (tertiary/aromatic N) is 1. The second-order valence-corrected chi connectivity index (χ2v) is 7.02. The molecule has 18 heavy (non-hydrogen) atoms. The van der Waals surface area contributed by atoms with Crippen molar-refractivity contribution in [2.45, 2.75) is 32.1 Å². The molecular weight excluding hydrogens is 224 g/mol. The summed E-state index contributed by atoms with van der Waals surface area (Å²) in [5, 5.41) is 0. The number of piperidine rings is 1. The van der Waals surface area contributed by atoms with E-state index in [4.69, 9.17) is 5.73 Å². The van der Waals surface area contributed by atoms with Gasteiger partial charge in [-0.3, -0.25) is 4.79 Å². The second-order valence-electron chi connectivity index (χ2n) is 7.02. The normalized spacial score (nSPS) is 46.3. The highest BCUT2D eigenvalue weighted by molar-refractivity contribution is 5.83. The molecule has 0 aromatic heterocycles. The van der Waals surface area contributed by atoms with Crippen molar-refractivity contribution in [3.63, 3.8) is 0 Å². The largest absolute Gasteiger partial charge is 0.342 e. The van der Waals surface area contributed by atoms with Crippen LogP contribution in [0.5, 0.6) is 0 Å². The Balaban J connectivity index is 1.38. The summed E-state index contributed by atoms with van der Waals surface area (Å²) in [6, 6.07) is 0. The number of fused-ring (bicyclic) bond motifs is 5. The fourth-order valence-corrected chi connectivity index (χ4v) is 5.26. The summed E-state index contributed by atoms with van der Waals surface area (Å²) in [6.45, 7) is 2.72. The first-order chi connectivity index (χ1) is 8.79. The maximum absolute atomic E-state index is 12.6. The van der Waals surface area contributed by atoms with E-state index in [2.05, 4.69) is 4.90 Å². The van der Waals surface area contributed by atoms with E-state index in [0.29, 0.717) is 17.7 Å². The first kappa shape index (κ1) is 11.3. The van der Waals surface area contributed by atoms with Gasteiger partial charge in [-0.15, -0.1) is 0 Å². The zero-order valence-electron chi connectivity index (χ0n) is 11.1. The summed E-state index contributed by atoms with van der Waals surface area (Å²) in [5.41, 5.74) is 5.71. The van der Waals surface area contributed by atoms with Crippen molar-refractivity contribution in [3.8, 4) is 0 Å². The summed E-state index contributed by atoms with van der Waals surface area (Å²) in [5.74, 6) is 5.00. The first-order valence-electron chi connectivity index (χ1n) is 7.78. The van der Waals surface area contributed by atoms with Crippen LogP contribution in [-0.2, 0) is 4.79 Å². The maximum atomic E-state index is 12.6. The molecule has 4 fully saturated rings. The lowest BCUT2D eigenvalue weighted by Crippen LogP contribution is -2.41. The highest BCUT2D eigenvalue weighted by atomic mass is 16.2. The molecule has 4 atom stereocenters. The van der Waals surface area contributed by atoms with E-state index in [1.807, 2.05) is 0 Å². The molecule has 0 aromatic carbocycles. The average molecular weight is 248 g/mol. The minimum absolute atomic E-state index is 0.436. The molecule has 3 heteroatoms. The molecule has 2 bridgehead atoms. The fraction of sp³-hybridized carbons (Fsp3) is 0.933. The Labute approximate surface area is 109 Å². The molecule has 3 aliphatic carbocycles. The Kier molecular flexibility index (Phi) is 2.48. The molecule has 3 saturated carbocycles. The average Bonchev–Trinajstić information content (AvgIpc) is 2.85. The van der Waals surface area contributed by atoms with Gasteiger partial charge in [-0.2, -0.15) is 0 Å². The van der Waals surface area contributed by atoms with Crippen molar-refractivity contribution in [3.05, 3.63) is 0 Å². The molecule has 1 aliphatic heterocycles. The lowest BCUT2D eigenvalue weighted by Gasteiger charge is -2.32. The van der Waals surface area contributed by atoms with Gasteiger partial charge >= 0.3 is 0 Å². The van der Waals surface area contributed by atoms with Crippen LogP contribution >= 0.6 is 0 Å². The van der Waals surface area contributed by atoms with Gasteiger partial charge in [0.15, 0.2) is 0 Å². The Morgan fingerprint density at radius 2 is 1.67 bits per heavy atom. The Morgan fingerprint density at radius 3 is 2.22 bits per heavy atom. The predicted octanol–water partition coefficient (Wildman–Crippen LogP) is 1.48. The van der Waals surface area contributed by atoms with Gasteiger partial charge in [0.05, 0.1) is 0 Å². The topological polar surface area (TPSA) is 46.3 Å². The number of carbonyl (C=O) groups excluding carboxylic acids is 1.